The van der Waals surface area contributed by atoms with Gasteiger partial charge in [-0.3, -0.25) is 0 Å². The molecule has 0 radical (unpaired) electrons. The Labute approximate surface area is 100.0 Å². The number of ether oxygens (including phenoxy) is 1. The van der Waals surface area contributed by atoms with Gasteiger partial charge in [-0.05, 0) is 38.4 Å². The smallest absolute Gasteiger partial charge is 0.215 e. The Hall–Kier alpha value is -1.55. The van der Waals surface area contributed by atoms with Crippen molar-refractivity contribution in [3.63, 3.8) is 0 Å². The molecular formula is C13H16N2O2. The van der Waals surface area contributed by atoms with E-state index in [4.69, 9.17) is 9.15 Å². The SMILES string of the molecule is COc1ccc2nc(C3(C)CCCN3)oc2c1. The third-order valence-corrected chi connectivity index (χ3v) is 3.44. The van der Waals surface area contributed by atoms with Gasteiger partial charge in [0, 0.05) is 6.07 Å². The summed E-state index contributed by atoms with van der Waals surface area (Å²) in [4.78, 5) is 4.56. The maximum absolute atomic E-state index is 5.84. The fraction of sp³-hybridized carbons (Fsp3) is 0.462. The third-order valence-electron chi connectivity index (χ3n) is 3.44. The average Bonchev–Trinajstić information content (AvgIpc) is 2.94. The van der Waals surface area contributed by atoms with Crippen LogP contribution in [0.2, 0.25) is 0 Å². The van der Waals surface area contributed by atoms with Crippen LogP contribution in [-0.2, 0) is 5.54 Å². The second kappa shape index (κ2) is 3.74. The molecule has 90 valence electrons. The highest BCUT2D eigenvalue weighted by atomic mass is 16.5. The predicted molar refractivity (Wildman–Crippen MR) is 65.1 cm³/mol. The predicted octanol–water partition coefficient (Wildman–Crippen LogP) is 2.43. The van der Waals surface area contributed by atoms with E-state index in [0.717, 1.165) is 35.7 Å². The molecule has 1 aliphatic rings. The maximum Gasteiger partial charge on any atom is 0.215 e. The first-order valence-corrected chi connectivity index (χ1v) is 5.91. The number of hydrogen-bond donors (Lipinski definition) is 1. The molecule has 1 unspecified atom stereocenters. The van der Waals surface area contributed by atoms with Crippen LogP contribution in [0.5, 0.6) is 5.75 Å². The molecule has 4 nitrogen and oxygen atoms in total. The third kappa shape index (κ3) is 1.69. The first kappa shape index (κ1) is 10.6. The molecule has 2 heterocycles. The molecule has 0 aliphatic carbocycles. The van der Waals surface area contributed by atoms with Crippen molar-refractivity contribution in [2.75, 3.05) is 13.7 Å². The molecule has 1 saturated heterocycles. The van der Waals surface area contributed by atoms with Crippen molar-refractivity contribution >= 4 is 11.1 Å². The van der Waals surface area contributed by atoms with Crippen LogP contribution in [0.25, 0.3) is 11.1 Å². The summed E-state index contributed by atoms with van der Waals surface area (Å²) in [5.41, 5.74) is 1.55. The Bertz CT molecular complexity index is 541. The average molecular weight is 232 g/mol. The lowest BCUT2D eigenvalue weighted by Gasteiger charge is -2.19. The van der Waals surface area contributed by atoms with E-state index in [1.165, 1.54) is 6.42 Å². The lowest BCUT2D eigenvalue weighted by atomic mass is 10.0. The van der Waals surface area contributed by atoms with Crippen LogP contribution < -0.4 is 10.1 Å². The van der Waals surface area contributed by atoms with Crippen molar-refractivity contribution in [2.45, 2.75) is 25.3 Å². The molecule has 17 heavy (non-hydrogen) atoms. The van der Waals surface area contributed by atoms with Crippen molar-refractivity contribution in [2.24, 2.45) is 0 Å². The molecule has 3 rings (SSSR count). The Morgan fingerprint density at radius 3 is 3.06 bits per heavy atom. The Morgan fingerprint density at radius 1 is 1.47 bits per heavy atom. The molecule has 2 aromatic rings. The van der Waals surface area contributed by atoms with Gasteiger partial charge in [0.05, 0.1) is 12.6 Å². The summed E-state index contributed by atoms with van der Waals surface area (Å²) in [6, 6.07) is 5.71. The highest BCUT2D eigenvalue weighted by Crippen LogP contribution is 2.32. The molecule has 4 heteroatoms. The van der Waals surface area contributed by atoms with Gasteiger partial charge in [-0.1, -0.05) is 0 Å². The van der Waals surface area contributed by atoms with Gasteiger partial charge in [0.25, 0.3) is 0 Å². The van der Waals surface area contributed by atoms with Crippen molar-refractivity contribution < 1.29 is 9.15 Å². The minimum atomic E-state index is -0.119. The minimum absolute atomic E-state index is 0.119. The molecule has 1 N–H and O–H groups in total. The van der Waals surface area contributed by atoms with E-state index in [2.05, 4.69) is 17.2 Å². The van der Waals surface area contributed by atoms with Gasteiger partial charge in [-0.2, -0.15) is 0 Å². The van der Waals surface area contributed by atoms with Crippen molar-refractivity contribution in [3.05, 3.63) is 24.1 Å². The van der Waals surface area contributed by atoms with Crippen LogP contribution in [0.4, 0.5) is 0 Å². The number of nitrogens with zero attached hydrogens (tertiary/aromatic N) is 1. The van der Waals surface area contributed by atoms with E-state index in [0.29, 0.717) is 0 Å². The molecule has 0 bridgehead atoms. The number of aromatic nitrogens is 1. The van der Waals surface area contributed by atoms with Crippen LogP contribution in [0.3, 0.4) is 0 Å². The topological polar surface area (TPSA) is 47.3 Å². The maximum atomic E-state index is 5.84. The van der Waals surface area contributed by atoms with E-state index in [1.807, 2.05) is 18.2 Å². The number of nitrogens with one attached hydrogen (secondary N) is 1. The van der Waals surface area contributed by atoms with Gasteiger partial charge >= 0.3 is 0 Å². The van der Waals surface area contributed by atoms with Crippen LogP contribution in [0, 0.1) is 0 Å². The van der Waals surface area contributed by atoms with Gasteiger partial charge in [0.1, 0.15) is 11.3 Å². The summed E-state index contributed by atoms with van der Waals surface area (Å²) in [5, 5.41) is 3.45. The second-order valence-corrected chi connectivity index (χ2v) is 4.72. The van der Waals surface area contributed by atoms with Crippen LogP contribution >= 0.6 is 0 Å². The fourth-order valence-electron chi connectivity index (χ4n) is 2.35. The number of benzene rings is 1. The largest absolute Gasteiger partial charge is 0.497 e. The molecular weight excluding hydrogens is 216 g/mol. The molecule has 0 saturated carbocycles. The number of rotatable bonds is 2. The van der Waals surface area contributed by atoms with Crippen LogP contribution in [0.1, 0.15) is 25.7 Å². The number of oxazole rings is 1. The lowest BCUT2D eigenvalue weighted by molar-refractivity contribution is 0.330. The molecule has 1 aromatic heterocycles. The van der Waals surface area contributed by atoms with E-state index >= 15 is 0 Å². The first-order valence-electron chi connectivity index (χ1n) is 5.91. The van der Waals surface area contributed by atoms with E-state index in [9.17, 15) is 0 Å². The van der Waals surface area contributed by atoms with E-state index in [1.54, 1.807) is 7.11 Å². The minimum Gasteiger partial charge on any atom is -0.497 e. The standard InChI is InChI=1S/C13H16N2O2/c1-13(6-3-7-14-13)12-15-10-5-4-9(16-2)8-11(10)17-12/h4-5,8,14H,3,6-7H2,1-2H3. The van der Waals surface area contributed by atoms with Crippen molar-refractivity contribution in [1.82, 2.24) is 10.3 Å². The van der Waals surface area contributed by atoms with Gasteiger partial charge in [-0.25, -0.2) is 4.98 Å². The number of hydrogen-bond acceptors (Lipinski definition) is 4. The summed E-state index contributed by atoms with van der Waals surface area (Å²) >= 11 is 0. The van der Waals surface area contributed by atoms with Crippen molar-refractivity contribution in [3.8, 4) is 5.75 Å². The van der Waals surface area contributed by atoms with Gasteiger partial charge < -0.3 is 14.5 Å². The Kier molecular flexibility index (Phi) is 2.33. The highest BCUT2D eigenvalue weighted by molar-refractivity contribution is 5.74. The zero-order valence-corrected chi connectivity index (χ0v) is 10.1. The molecule has 0 spiro atoms. The molecule has 1 atom stereocenters. The Morgan fingerprint density at radius 2 is 2.35 bits per heavy atom. The van der Waals surface area contributed by atoms with Gasteiger partial charge in [0.15, 0.2) is 5.58 Å². The first-order chi connectivity index (χ1) is 8.21. The normalized spacial score (nSPS) is 24.4. The molecule has 1 aromatic carbocycles. The summed E-state index contributed by atoms with van der Waals surface area (Å²) in [7, 11) is 1.65. The van der Waals surface area contributed by atoms with Gasteiger partial charge in [0.2, 0.25) is 5.89 Å². The lowest BCUT2D eigenvalue weighted by Crippen LogP contribution is -2.33. The summed E-state index contributed by atoms with van der Waals surface area (Å²) in [6.07, 6.45) is 2.23. The molecule has 1 fully saturated rings. The summed E-state index contributed by atoms with van der Waals surface area (Å²) in [5.74, 6) is 1.57. The summed E-state index contributed by atoms with van der Waals surface area (Å²) in [6.45, 7) is 3.17. The Balaban J connectivity index is 2.07. The molecule has 1 aliphatic heterocycles. The monoisotopic (exact) mass is 232 g/mol. The van der Waals surface area contributed by atoms with Crippen molar-refractivity contribution in [1.29, 1.82) is 0 Å². The van der Waals surface area contributed by atoms with Crippen LogP contribution in [-0.4, -0.2) is 18.6 Å². The van der Waals surface area contributed by atoms with E-state index in [-0.39, 0.29) is 5.54 Å². The fourth-order valence-corrected chi connectivity index (χ4v) is 2.35. The molecule has 0 amide bonds. The highest BCUT2D eigenvalue weighted by Gasteiger charge is 2.34. The zero-order chi connectivity index (χ0) is 11.9. The second-order valence-electron chi connectivity index (χ2n) is 4.72. The quantitative estimate of drug-likeness (QED) is 0.863. The summed E-state index contributed by atoms with van der Waals surface area (Å²) < 4.78 is 11.0. The van der Waals surface area contributed by atoms with Crippen LogP contribution in [0.15, 0.2) is 22.6 Å². The van der Waals surface area contributed by atoms with Gasteiger partial charge in [-0.15, -0.1) is 0 Å². The number of fused-ring (bicyclic) bond motifs is 1. The van der Waals surface area contributed by atoms with E-state index < -0.39 is 0 Å². The number of methoxy groups -OCH3 is 1. The zero-order valence-electron chi connectivity index (χ0n) is 10.1.